The summed E-state index contributed by atoms with van der Waals surface area (Å²) in [4.78, 5) is 14.0. The third-order valence-corrected chi connectivity index (χ3v) is 4.11. The second-order valence-corrected chi connectivity index (χ2v) is 7.41. The number of ether oxygens (including phenoxy) is 1. The van der Waals surface area contributed by atoms with Crippen molar-refractivity contribution >= 4 is 23.0 Å². The Morgan fingerprint density at radius 1 is 1.29 bits per heavy atom. The van der Waals surface area contributed by atoms with Crippen molar-refractivity contribution < 1.29 is 23.4 Å². The summed E-state index contributed by atoms with van der Waals surface area (Å²) in [6.45, 7) is 13.2. The zero-order valence-corrected chi connectivity index (χ0v) is 14.1. The van der Waals surface area contributed by atoms with Gasteiger partial charge in [0.25, 0.3) is 0 Å². The van der Waals surface area contributed by atoms with Crippen LogP contribution in [0.5, 0.6) is 5.75 Å². The predicted molar refractivity (Wildman–Crippen MR) is 87.8 cm³/mol. The van der Waals surface area contributed by atoms with Crippen molar-refractivity contribution in [1.82, 2.24) is 0 Å². The zero-order chi connectivity index (χ0) is 18.1. The number of halogens is 2. The number of carbonyl (C=O) groups is 1. The van der Waals surface area contributed by atoms with Crippen LogP contribution in [0.4, 0.5) is 14.5 Å². The van der Waals surface area contributed by atoms with E-state index >= 15 is 0 Å². The molecule has 0 amide bonds. The lowest BCUT2D eigenvalue weighted by molar-refractivity contribution is 0.0697. The summed E-state index contributed by atoms with van der Waals surface area (Å²) >= 11 is 0.687. The minimum atomic E-state index is -1.39. The van der Waals surface area contributed by atoms with Gasteiger partial charge in [0.2, 0.25) is 5.69 Å². The summed E-state index contributed by atoms with van der Waals surface area (Å²) in [5.41, 5.74) is -0.0181. The average molecular weight is 351 g/mol. The Balaban J connectivity index is 2.44. The molecule has 24 heavy (non-hydrogen) atoms. The summed E-state index contributed by atoms with van der Waals surface area (Å²) in [7, 11) is 0. The van der Waals surface area contributed by atoms with Gasteiger partial charge in [-0.1, -0.05) is 20.8 Å². The molecule has 0 atom stereocenters. The molecule has 1 aromatic heterocycles. The first kappa shape index (κ1) is 17.9. The minimum absolute atomic E-state index is 0.0417. The van der Waals surface area contributed by atoms with E-state index in [1.807, 2.05) is 20.8 Å². The van der Waals surface area contributed by atoms with Crippen LogP contribution >= 0.6 is 11.3 Å². The second kappa shape index (κ2) is 6.57. The third-order valence-electron chi connectivity index (χ3n) is 2.96. The standard InChI is InChI=1S/C17H15F2NO3S/c1-17(2,3)8-23-14-10(18)5-9(6-12(14)20-4)13-7-11(19)15(24-13)16(21)22/h5-7H,8H2,1-3H3,(H,21,22). The molecule has 126 valence electrons. The summed E-state index contributed by atoms with van der Waals surface area (Å²) < 4.78 is 33.4. The van der Waals surface area contributed by atoms with Gasteiger partial charge in [0.05, 0.1) is 13.2 Å². The van der Waals surface area contributed by atoms with Crippen LogP contribution in [0.15, 0.2) is 18.2 Å². The number of nitrogens with zero attached hydrogens (tertiary/aromatic N) is 1. The molecule has 0 saturated heterocycles. The Hall–Kier alpha value is -2.46. The number of rotatable bonds is 4. The maximum Gasteiger partial charge on any atom is 0.348 e. The summed E-state index contributed by atoms with van der Waals surface area (Å²) in [5.74, 6) is -3.17. The Morgan fingerprint density at radius 2 is 1.96 bits per heavy atom. The molecular weight excluding hydrogens is 336 g/mol. The van der Waals surface area contributed by atoms with E-state index in [9.17, 15) is 13.6 Å². The van der Waals surface area contributed by atoms with Crippen molar-refractivity contribution in [3.05, 3.63) is 46.1 Å². The van der Waals surface area contributed by atoms with Crippen LogP contribution in [0.1, 0.15) is 30.4 Å². The second-order valence-electron chi connectivity index (χ2n) is 6.36. The molecule has 1 heterocycles. The number of carboxylic acid groups (broad SMARTS) is 1. The van der Waals surface area contributed by atoms with Gasteiger partial charge in [-0.25, -0.2) is 18.4 Å². The average Bonchev–Trinajstić information content (AvgIpc) is 2.86. The first-order valence-electron chi connectivity index (χ1n) is 6.99. The molecule has 0 aliphatic rings. The molecule has 2 rings (SSSR count). The number of thiophene rings is 1. The fourth-order valence-electron chi connectivity index (χ4n) is 1.89. The largest absolute Gasteiger partial charge is 0.501 e. The van der Waals surface area contributed by atoms with E-state index in [0.29, 0.717) is 11.3 Å². The van der Waals surface area contributed by atoms with Gasteiger partial charge in [0.1, 0.15) is 10.7 Å². The van der Waals surface area contributed by atoms with Gasteiger partial charge in [-0.3, -0.25) is 0 Å². The molecule has 0 bridgehead atoms. The van der Waals surface area contributed by atoms with E-state index in [0.717, 1.165) is 12.1 Å². The fraction of sp³-hybridized carbons (Fsp3) is 0.294. The van der Waals surface area contributed by atoms with Crippen molar-refractivity contribution in [2.24, 2.45) is 5.41 Å². The summed E-state index contributed by atoms with van der Waals surface area (Å²) in [6, 6.07) is 3.50. The lowest BCUT2D eigenvalue weighted by atomic mass is 9.98. The monoisotopic (exact) mass is 351 g/mol. The zero-order valence-electron chi connectivity index (χ0n) is 13.3. The number of hydrogen-bond acceptors (Lipinski definition) is 3. The van der Waals surface area contributed by atoms with E-state index in [4.69, 9.17) is 16.4 Å². The maximum atomic E-state index is 14.4. The van der Waals surface area contributed by atoms with Crippen LogP contribution in [0.25, 0.3) is 15.3 Å². The van der Waals surface area contributed by atoms with Crippen molar-refractivity contribution in [3.63, 3.8) is 0 Å². The lowest BCUT2D eigenvalue weighted by Crippen LogP contribution is -2.17. The molecule has 7 heteroatoms. The fourth-order valence-corrected chi connectivity index (χ4v) is 2.75. The third kappa shape index (κ3) is 3.89. The molecular formula is C17H15F2NO3S. The summed E-state index contributed by atoms with van der Waals surface area (Å²) in [6.07, 6.45) is 0. The lowest BCUT2D eigenvalue weighted by Gasteiger charge is -2.20. The molecule has 0 radical (unpaired) electrons. The quantitative estimate of drug-likeness (QED) is 0.754. The van der Waals surface area contributed by atoms with Gasteiger partial charge < -0.3 is 9.84 Å². The highest BCUT2D eigenvalue weighted by Crippen LogP contribution is 2.39. The topological polar surface area (TPSA) is 50.9 Å². The van der Waals surface area contributed by atoms with Crippen LogP contribution in [0.3, 0.4) is 0 Å². The Kier molecular flexibility index (Phi) is 4.90. The molecule has 0 spiro atoms. The number of benzene rings is 1. The first-order valence-corrected chi connectivity index (χ1v) is 7.81. The number of aromatic carboxylic acids is 1. The number of hydrogen-bond donors (Lipinski definition) is 1. The van der Waals surface area contributed by atoms with Crippen molar-refractivity contribution in [1.29, 1.82) is 0 Å². The molecule has 0 fully saturated rings. The van der Waals surface area contributed by atoms with Gasteiger partial charge in [-0.2, -0.15) is 0 Å². The summed E-state index contributed by atoms with van der Waals surface area (Å²) in [5, 5.41) is 8.90. The maximum absolute atomic E-state index is 14.4. The van der Waals surface area contributed by atoms with Crippen LogP contribution in [-0.4, -0.2) is 17.7 Å². The van der Waals surface area contributed by atoms with E-state index in [-0.39, 0.29) is 33.9 Å². The van der Waals surface area contributed by atoms with Gasteiger partial charge >= 0.3 is 5.97 Å². The van der Waals surface area contributed by atoms with Gasteiger partial charge in [-0.05, 0) is 29.2 Å². The van der Waals surface area contributed by atoms with Gasteiger partial charge in [0, 0.05) is 4.88 Å². The smallest absolute Gasteiger partial charge is 0.348 e. The molecule has 4 nitrogen and oxygen atoms in total. The van der Waals surface area contributed by atoms with E-state index in [1.54, 1.807) is 0 Å². The van der Waals surface area contributed by atoms with Gasteiger partial charge in [-0.15, -0.1) is 11.3 Å². The van der Waals surface area contributed by atoms with E-state index < -0.39 is 22.5 Å². The Labute approximate surface area is 142 Å². The van der Waals surface area contributed by atoms with Crippen LogP contribution in [0, 0.1) is 23.6 Å². The van der Waals surface area contributed by atoms with Crippen LogP contribution in [-0.2, 0) is 0 Å². The molecule has 1 N–H and O–H groups in total. The van der Waals surface area contributed by atoms with Crippen LogP contribution in [0.2, 0.25) is 0 Å². The normalized spacial score (nSPS) is 11.2. The number of carboxylic acids is 1. The molecule has 0 aliphatic heterocycles. The predicted octanol–water partition coefficient (Wildman–Crippen LogP) is 5.37. The van der Waals surface area contributed by atoms with Gasteiger partial charge in [0.15, 0.2) is 11.6 Å². The van der Waals surface area contributed by atoms with E-state index in [2.05, 4.69) is 4.85 Å². The Bertz CT molecular complexity index is 832. The molecule has 0 saturated carbocycles. The van der Waals surface area contributed by atoms with Crippen molar-refractivity contribution in [2.75, 3.05) is 6.61 Å². The first-order chi connectivity index (χ1) is 11.1. The SMILES string of the molecule is [C-]#[N+]c1cc(-c2cc(F)c(C(=O)O)s2)cc(F)c1OCC(C)(C)C. The molecule has 2 aromatic rings. The van der Waals surface area contributed by atoms with Crippen molar-refractivity contribution in [2.45, 2.75) is 20.8 Å². The van der Waals surface area contributed by atoms with Crippen molar-refractivity contribution in [3.8, 4) is 16.2 Å². The highest BCUT2D eigenvalue weighted by atomic mass is 32.1. The van der Waals surface area contributed by atoms with E-state index in [1.165, 1.54) is 6.07 Å². The highest BCUT2D eigenvalue weighted by Gasteiger charge is 2.20. The molecule has 1 aromatic carbocycles. The molecule has 0 aliphatic carbocycles. The molecule has 0 unspecified atom stereocenters. The Morgan fingerprint density at radius 3 is 2.46 bits per heavy atom. The highest BCUT2D eigenvalue weighted by molar-refractivity contribution is 7.17. The minimum Gasteiger partial charge on any atom is -0.501 e. The van der Waals surface area contributed by atoms with Crippen LogP contribution < -0.4 is 4.74 Å².